The van der Waals surface area contributed by atoms with E-state index in [2.05, 4.69) is 31.1 Å². The summed E-state index contributed by atoms with van der Waals surface area (Å²) in [6, 6.07) is 4.17. The molecule has 2 aromatic rings. The topological polar surface area (TPSA) is 84.4 Å². The summed E-state index contributed by atoms with van der Waals surface area (Å²) in [4.78, 5) is 10.2. The summed E-state index contributed by atoms with van der Waals surface area (Å²) in [6.45, 7) is 6.78. The molecule has 1 saturated heterocycles. The second-order valence-corrected chi connectivity index (χ2v) is 5.80. The molecule has 0 saturated carbocycles. The van der Waals surface area contributed by atoms with Crippen molar-refractivity contribution in [2.75, 3.05) is 13.1 Å². The molecule has 3 rings (SSSR count). The van der Waals surface area contributed by atoms with Crippen LogP contribution in [0.15, 0.2) is 6.07 Å². The number of rotatable bonds is 3. The molecule has 110 valence electrons. The van der Waals surface area contributed by atoms with Crippen molar-refractivity contribution < 1.29 is 0 Å². The lowest BCUT2D eigenvalue weighted by molar-refractivity contribution is 0.195. The van der Waals surface area contributed by atoms with Crippen molar-refractivity contribution in [3.05, 3.63) is 34.7 Å². The van der Waals surface area contributed by atoms with Crippen molar-refractivity contribution in [2.24, 2.45) is 0 Å². The fourth-order valence-corrected chi connectivity index (χ4v) is 3.02. The van der Waals surface area contributed by atoms with Gasteiger partial charge in [0, 0.05) is 30.4 Å². The molecule has 1 aliphatic heterocycles. The van der Waals surface area contributed by atoms with Gasteiger partial charge >= 0.3 is 0 Å². The van der Waals surface area contributed by atoms with E-state index in [0.29, 0.717) is 5.92 Å². The quantitative estimate of drug-likeness (QED) is 0.903. The zero-order valence-electron chi connectivity index (χ0n) is 12.5. The van der Waals surface area contributed by atoms with E-state index in [1.54, 1.807) is 0 Å². The summed E-state index contributed by atoms with van der Waals surface area (Å²) < 4.78 is 0. The van der Waals surface area contributed by atoms with Crippen molar-refractivity contribution in [1.82, 2.24) is 25.1 Å². The summed E-state index contributed by atoms with van der Waals surface area (Å²) >= 11 is 0. The molecule has 0 spiro atoms. The van der Waals surface area contributed by atoms with Crippen molar-refractivity contribution in [1.29, 1.82) is 5.26 Å². The highest BCUT2D eigenvalue weighted by Gasteiger charge is 2.24. The number of hydrogen-bond donors (Lipinski definition) is 2. The molecule has 1 unspecified atom stereocenters. The summed E-state index contributed by atoms with van der Waals surface area (Å²) in [5.74, 6) is 2.20. The number of likely N-dealkylation sites (tertiary alicyclic amines) is 1. The van der Waals surface area contributed by atoms with Gasteiger partial charge in [-0.15, -0.1) is 0 Å². The van der Waals surface area contributed by atoms with Crippen LogP contribution in [0, 0.1) is 25.2 Å². The molecule has 0 aromatic carbocycles. The molecule has 6 heteroatoms. The van der Waals surface area contributed by atoms with Gasteiger partial charge in [0.15, 0.2) is 5.82 Å². The number of nitrogens with one attached hydrogen (secondary N) is 2. The van der Waals surface area contributed by atoms with Crippen LogP contribution in [0.3, 0.4) is 0 Å². The summed E-state index contributed by atoms with van der Waals surface area (Å²) in [7, 11) is 0. The molecule has 6 nitrogen and oxygen atoms in total. The Hall–Kier alpha value is -2.13. The number of H-pyrrole nitrogens is 2. The maximum Gasteiger partial charge on any atom is 0.155 e. The lowest BCUT2D eigenvalue weighted by Gasteiger charge is -2.31. The van der Waals surface area contributed by atoms with Gasteiger partial charge in [-0.05, 0) is 39.3 Å². The van der Waals surface area contributed by atoms with Crippen LogP contribution in [0.2, 0.25) is 0 Å². The maximum atomic E-state index is 9.03. The standard InChI is InChI=1S/C15H20N6/c1-10-13(7-16)6-14(17-10)9-21-5-3-4-12(8-21)15-18-11(2)19-20-15/h6,12,17H,3-5,8-9H2,1-2H3,(H,18,19,20). The highest BCUT2D eigenvalue weighted by molar-refractivity contribution is 5.35. The van der Waals surface area contributed by atoms with E-state index < -0.39 is 0 Å². The SMILES string of the molecule is Cc1nc(C2CCCN(Cc3cc(C#N)c(C)[nH]3)C2)n[nH]1. The molecular weight excluding hydrogens is 264 g/mol. The van der Waals surface area contributed by atoms with Crippen LogP contribution in [-0.2, 0) is 6.54 Å². The smallest absolute Gasteiger partial charge is 0.155 e. The number of hydrogen-bond acceptors (Lipinski definition) is 4. The average Bonchev–Trinajstić information content (AvgIpc) is 3.05. The largest absolute Gasteiger partial charge is 0.360 e. The van der Waals surface area contributed by atoms with E-state index >= 15 is 0 Å². The number of piperidine rings is 1. The monoisotopic (exact) mass is 284 g/mol. The maximum absolute atomic E-state index is 9.03. The van der Waals surface area contributed by atoms with Gasteiger partial charge in [0.2, 0.25) is 0 Å². The van der Waals surface area contributed by atoms with Crippen LogP contribution in [-0.4, -0.2) is 38.2 Å². The van der Waals surface area contributed by atoms with Crippen molar-refractivity contribution in [3.8, 4) is 6.07 Å². The Labute approximate surface area is 124 Å². The van der Waals surface area contributed by atoms with Crippen LogP contribution in [0.4, 0.5) is 0 Å². The normalized spacial score (nSPS) is 19.6. The Kier molecular flexibility index (Phi) is 3.76. The van der Waals surface area contributed by atoms with Gasteiger partial charge < -0.3 is 4.98 Å². The van der Waals surface area contributed by atoms with Gasteiger partial charge in [-0.1, -0.05) is 0 Å². The Morgan fingerprint density at radius 2 is 2.33 bits per heavy atom. The van der Waals surface area contributed by atoms with Crippen molar-refractivity contribution in [2.45, 2.75) is 39.2 Å². The minimum atomic E-state index is 0.398. The van der Waals surface area contributed by atoms with Gasteiger partial charge in [-0.25, -0.2) is 4.98 Å². The lowest BCUT2D eigenvalue weighted by Crippen LogP contribution is -2.34. The number of aryl methyl sites for hydroxylation is 2. The molecule has 21 heavy (non-hydrogen) atoms. The second kappa shape index (κ2) is 5.70. The van der Waals surface area contributed by atoms with Crippen molar-refractivity contribution >= 4 is 0 Å². The lowest BCUT2D eigenvalue weighted by atomic mass is 9.97. The fraction of sp³-hybridized carbons (Fsp3) is 0.533. The Morgan fingerprint density at radius 3 is 3.00 bits per heavy atom. The van der Waals surface area contributed by atoms with E-state index in [9.17, 15) is 0 Å². The zero-order valence-corrected chi connectivity index (χ0v) is 12.5. The Morgan fingerprint density at radius 1 is 1.48 bits per heavy atom. The van der Waals surface area contributed by atoms with E-state index in [1.807, 2.05) is 19.9 Å². The number of aromatic amines is 2. The average molecular weight is 284 g/mol. The third-order valence-corrected chi connectivity index (χ3v) is 4.07. The minimum Gasteiger partial charge on any atom is -0.360 e. The van der Waals surface area contributed by atoms with Gasteiger partial charge in [0.05, 0.1) is 5.56 Å². The van der Waals surface area contributed by atoms with Crippen LogP contribution in [0.25, 0.3) is 0 Å². The van der Waals surface area contributed by atoms with Crippen LogP contribution in [0.5, 0.6) is 0 Å². The predicted octanol–water partition coefficient (Wildman–Crippen LogP) is 2.00. The van der Waals surface area contributed by atoms with Crippen molar-refractivity contribution in [3.63, 3.8) is 0 Å². The van der Waals surface area contributed by atoms with E-state index in [4.69, 9.17) is 5.26 Å². The number of nitrogens with zero attached hydrogens (tertiary/aromatic N) is 4. The summed E-state index contributed by atoms with van der Waals surface area (Å²) in [6.07, 6.45) is 2.30. The molecule has 3 heterocycles. The Bertz CT molecular complexity index is 662. The molecule has 0 amide bonds. The first kappa shape index (κ1) is 13.8. The molecule has 2 aromatic heterocycles. The second-order valence-electron chi connectivity index (χ2n) is 5.80. The molecule has 2 N–H and O–H groups in total. The van der Waals surface area contributed by atoms with E-state index in [0.717, 1.165) is 61.1 Å². The Balaban J connectivity index is 1.67. The van der Waals surface area contributed by atoms with E-state index in [-0.39, 0.29) is 0 Å². The highest BCUT2D eigenvalue weighted by atomic mass is 15.2. The molecule has 0 radical (unpaired) electrons. The first-order chi connectivity index (χ1) is 10.2. The number of aromatic nitrogens is 4. The van der Waals surface area contributed by atoms with Gasteiger partial charge in [-0.2, -0.15) is 10.4 Å². The number of nitriles is 1. The first-order valence-corrected chi connectivity index (χ1v) is 7.35. The molecule has 0 bridgehead atoms. The molecule has 0 aliphatic carbocycles. The van der Waals surface area contributed by atoms with E-state index in [1.165, 1.54) is 0 Å². The molecule has 1 fully saturated rings. The summed E-state index contributed by atoms with van der Waals surface area (Å²) in [5, 5.41) is 16.3. The minimum absolute atomic E-state index is 0.398. The third-order valence-electron chi connectivity index (χ3n) is 4.07. The van der Waals surface area contributed by atoms with Crippen LogP contribution < -0.4 is 0 Å². The molecular formula is C15H20N6. The van der Waals surface area contributed by atoms with Crippen LogP contribution >= 0.6 is 0 Å². The third kappa shape index (κ3) is 2.98. The zero-order chi connectivity index (χ0) is 14.8. The van der Waals surface area contributed by atoms with Gasteiger partial charge in [0.25, 0.3) is 0 Å². The van der Waals surface area contributed by atoms with Gasteiger partial charge in [-0.3, -0.25) is 10.00 Å². The first-order valence-electron chi connectivity index (χ1n) is 7.35. The van der Waals surface area contributed by atoms with Crippen LogP contribution in [0.1, 0.15) is 47.4 Å². The predicted molar refractivity (Wildman–Crippen MR) is 78.6 cm³/mol. The molecule has 1 aliphatic rings. The molecule has 1 atom stereocenters. The summed E-state index contributed by atoms with van der Waals surface area (Å²) in [5.41, 5.74) is 2.80. The highest BCUT2D eigenvalue weighted by Crippen LogP contribution is 2.25. The fourth-order valence-electron chi connectivity index (χ4n) is 3.02. The van der Waals surface area contributed by atoms with Gasteiger partial charge in [0.1, 0.15) is 11.9 Å².